The van der Waals surface area contributed by atoms with Gasteiger partial charge in [0, 0.05) is 32.9 Å². The molecule has 28 heavy (non-hydrogen) atoms. The first kappa shape index (κ1) is 19.5. The number of rotatable bonds is 5. The van der Waals surface area contributed by atoms with Crippen LogP contribution >= 0.6 is 12.2 Å². The van der Waals surface area contributed by atoms with Crippen LogP contribution in [-0.4, -0.2) is 70.9 Å². The minimum Gasteiger partial charge on any atom is -0.457 e. The first-order valence-corrected chi connectivity index (χ1v) is 10.4. The van der Waals surface area contributed by atoms with Crippen molar-refractivity contribution in [2.75, 3.05) is 25.5 Å². The van der Waals surface area contributed by atoms with Crippen LogP contribution in [0.25, 0.3) is 0 Å². The number of nitrogens with zero attached hydrogens (tertiary/aromatic N) is 3. The Morgan fingerprint density at radius 2 is 1.89 bits per heavy atom. The number of esters is 1. The molecule has 1 N–H and O–H groups in total. The van der Waals surface area contributed by atoms with E-state index in [-0.39, 0.29) is 24.0 Å². The van der Waals surface area contributed by atoms with Crippen LogP contribution in [-0.2, 0) is 16.1 Å². The number of anilines is 1. The van der Waals surface area contributed by atoms with Gasteiger partial charge in [-0.1, -0.05) is 26.0 Å². The minimum atomic E-state index is -0.621. The summed E-state index contributed by atoms with van der Waals surface area (Å²) in [6, 6.07) is 8.32. The van der Waals surface area contributed by atoms with Crippen LogP contribution in [0.15, 0.2) is 24.3 Å². The van der Waals surface area contributed by atoms with E-state index in [1.165, 1.54) is 0 Å². The van der Waals surface area contributed by atoms with E-state index in [0.29, 0.717) is 18.9 Å². The second-order valence-corrected chi connectivity index (χ2v) is 9.17. The van der Waals surface area contributed by atoms with Crippen molar-refractivity contribution < 1.29 is 14.6 Å². The number of thiocarbonyl (C=S) groups is 1. The number of aliphatic hydroxyl groups is 1. The molecule has 4 fully saturated rings. The van der Waals surface area contributed by atoms with Crippen molar-refractivity contribution in [2.45, 2.75) is 51.1 Å². The summed E-state index contributed by atoms with van der Waals surface area (Å²) in [5, 5.41) is 11.3. The molecule has 4 aliphatic rings. The first-order chi connectivity index (χ1) is 13.3. The molecule has 3 aliphatic heterocycles. The zero-order valence-electron chi connectivity index (χ0n) is 16.9. The zero-order chi connectivity index (χ0) is 20.2. The molecule has 0 aromatic heterocycles. The van der Waals surface area contributed by atoms with Crippen LogP contribution in [0.5, 0.6) is 0 Å². The highest BCUT2D eigenvalue weighted by atomic mass is 32.1. The fraction of sp³-hybridized carbons (Fsp3) is 0.619. The summed E-state index contributed by atoms with van der Waals surface area (Å²) in [6.07, 6.45) is -0.671. The lowest BCUT2D eigenvalue weighted by molar-refractivity contribution is -0.199. The molecule has 152 valence electrons. The molecule has 6 nitrogen and oxygen atoms in total. The highest BCUT2D eigenvalue weighted by Gasteiger charge is 2.62. The third-order valence-corrected chi connectivity index (χ3v) is 6.58. The molecule has 2 bridgehead atoms. The Kier molecular flexibility index (Phi) is 5.00. The summed E-state index contributed by atoms with van der Waals surface area (Å²) in [5.41, 5.74) is 2.30. The maximum atomic E-state index is 12.4. The molecule has 1 aromatic carbocycles. The average molecular weight is 404 g/mol. The molecular formula is C21H29N3O3S. The van der Waals surface area contributed by atoms with Gasteiger partial charge >= 0.3 is 5.97 Å². The van der Waals surface area contributed by atoms with E-state index in [2.05, 4.69) is 52.8 Å². The van der Waals surface area contributed by atoms with Crippen LogP contribution in [0.3, 0.4) is 0 Å². The van der Waals surface area contributed by atoms with Crippen LogP contribution in [0.1, 0.15) is 25.8 Å². The number of fused-ring (bicyclic) bond motifs is 2. The molecule has 7 heteroatoms. The second kappa shape index (κ2) is 7.19. The van der Waals surface area contributed by atoms with E-state index in [4.69, 9.17) is 17.0 Å². The van der Waals surface area contributed by atoms with Gasteiger partial charge in [-0.2, -0.15) is 0 Å². The zero-order valence-corrected chi connectivity index (χ0v) is 17.7. The van der Waals surface area contributed by atoms with Gasteiger partial charge in [0.15, 0.2) is 5.11 Å². The Morgan fingerprint density at radius 1 is 1.21 bits per heavy atom. The van der Waals surface area contributed by atoms with E-state index in [9.17, 15) is 9.90 Å². The summed E-state index contributed by atoms with van der Waals surface area (Å²) < 4.78 is 5.61. The van der Waals surface area contributed by atoms with E-state index in [1.807, 2.05) is 14.1 Å². The third-order valence-electron chi connectivity index (χ3n) is 6.11. The SMILES string of the molecule is CC(C)CN1C(=S)N(Cc2ccc(N(C)C)cc2)C2C3OC(=O)C(CC3O)C21. The fourth-order valence-electron chi connectivity index (χ4n) is 4.84. The van der Waals surface area contributed by atoms with Gasteiger partial charge in [0.1, 0.15) is 6.10 Å². The van der Waals surface area contributed by atoms with Gasteiger partial charge in [-0.15, -0.1) is 0 Å². The molecule has 5 atom stereocenters. The van der Waals surface area contributed by atoms with Crippen LogP contribution in [0.2, 0.25) is 0 Å². The predicted molar refractivity (Wildman–Crippen MR) is 112 cm³/mol. The van der Waals surface area contributed by atoms with E-state index in [1.54, 1.807) is 0 Å². The highest BCUT2D eigenvalue weighted by molar-refractivity contribution is 7.80. The molecule has 0 spiro atoms. The number of hydrogen-bond donors (Lipinski definition) is 1. The van der Waals surface area contributed by atoms with Crippen LogP contribution < -0.4 is 4.90 Å². The van der Waals surface area contributed by atoms with Crippen molar-refractivity contribution in [1.29, 1.82) is 0 Å². The monoisotopic (exact) mass is 403 g/mol. The van der Waals surface area contributed by atoms with Gasteiger partial charge in [-0.3, -0.25) is 4.79 Å². The number of carbonyl (C=O) groups excluding carboxylic acids is 1. The van der Waals surface area contributed by atoms with Crippen molar-refractivity contribution in [2.24, 2.45) is 11.8 Å². The van der Waals surface area contributed by atoms with Crippen molar-refractivity contribution in [1.82, 2.24) is 9.80 Å². The quantitative estimate of drug-likeness (QED) is 0.595. The van der Waals surface area contributed by atoms with Crippen LogP contribution in [0, 0.1) is 11.8 Å². The number of hydrogen-bond acceptors (Lipinski definition) is 5. The number of carbonyl (C=O) groups is 1. The van der Waals surface area contributed by atoms with E-state index in [0.717, 1.165) is 22.9 Å². The Balaban J connectivity index is 1.64. The predicted octanol–water partition coefficient (Wildman–Crippen LogP) is 1.85. The van der Waals surface area contributed by atoms with Gasteiger partial charge < -0.3 is 24.5 Å². The number of benzene rings is 1. The molecule has 5 unspecified atom stereocenters. The van der Waals surface area contributed by atoms with Gasteiger partial charge in [0.2, 0.25) is 0 Å². The third kappa shape index (κ3) is 3.14. The molecule has 0 radical (unpaired) electrons. The molecule has 0 amide bonds. The first-order valence-electron chi connectivity index (χ1n) is 10.00. The molecule has 3 heterocycles. The normalized spacial score (nSPS) is 31.4. The lowest BCUT2D eigenvalue weighted by atomic mass is 9.74. The van der Waals surface area contributed by atoms with Gasteiger partial charge in [-0.25, -0.2) is 0 Å². The second-order valence-electron chi connectivity index (χ2n) is 8.81. The molecular weight excluding hydrogens is 374 g/mol. The Bertz CT molecular complexity index is 767. The minimum absolute atomic E-state index is 0.00871. The summed E-state index contributed by atoms with van der Waals surface area (Å²) in [4.78, 5) is 18.9. The largest absolute Gasteiger partial charge is 0.457 e. The van der Waals surface area contributed by atoms with Crippen molar-refractivity contribution >= 4 is 29.0 Å². The molecule has 1 aliphatic carbocycles. The smallest absolute Gasteiger partial charge is 0.311 e. The lowest BCUT2D eigenvalue weighted by Crippen LogP contribution is -2.66. The summed E-state index contributed by atoms with van der Waals surface area (Å²) in [5.74, 6) is -0.0765. The van der Waals surface area contributed by atoms with Crippen molar-refractivity contribution in [3.8, 4) is 0 Å². The summed E-state index contributed by atoms with van der Waals surface area (Å²) in [6.45, 7) is 5.78. The van der Waals surface area contributed by atoms with E-state index < -0.39 is 12.2 Å². The summed E-state index contributed by atoms with van der Waals surface area (Å²) >= 11 is 5.87. The lowest BCUT2D eigenvalue weighted by Gasteiger charge is -2.49. The Labute approximate surface area is 172 Å². The molecule has 1 saturated carbocycles. The van der Waals surface area contributed by atoms with Crippen LogP contribution in [0.4, 0.5) is 5.69 Å². The van der Waals surface area contributed by atoms with Gasteiger partial charge in [0.25, 0.3) is 0 Å². The maximum Gasteiger partial charge on any atom is 0.311 e. The van der Waals surface area contributed by atoms with Crippen molar-refractivity contribution in [3.63, 3.8) is 0 Å². The average Bonchev–Trinajstić information content (AvgIpc) is 2.90. The molecule has 5 rings (SSSR count). The molecule has 3 saturated heterocycles. The standard InChI is InChI=1S/C21H29N3O3S/c1-12(2)10-23-17-15-9-16(25)19(27-20(15)26)18(17)24(21(23)28)11-13-5-7-14(8-6-13)22(3)4/h5-8,12,15-19,25H,9-11H2,1-4H3. The number of aliphatic hydroxyl groups excluding tert-OH is 1. The van der Waals surface area contributed by atoms with Gasteiger partial charge in [-0.05, 0) is 42.3 Å². The Morgan fingerprint density at radius 3 is 2.50 bits per heavy atom. The van der Waals surface area contributed by atoms with Gasteiger partial charge in [0.05, 0.1) is 24.1 Å². The topological polar surface area (TPSA) is 56.2 Å². The maximum absolute atomic E-state index is 12.4. The summed E-state index contributed by atoms with van der Waals surface area (Å²) in [7, 11) is 4.04. The highest BCUT2D eigenvalue weighted by Crippen LogP contribution is 2.44. The Hall–Kier alpha value is -1.86. The van der Waals surface area contributed by atoms with E-state index >= 15 is 0 Å². The fourth-order valence-corrected chi connectivity index (χ4v) is 5.23. The number of ether oxygens (including phenoxy) is 1. The molecule has 1 aromatic rings. The van der Waals surface area contributed by atoms with Crippen molar-refractivity contribution in [3.05, 3.63) is 29.8 Å².